The molecule has 0 unspecified atom stereocenters. The molecule has 0 aliphatic rings. The molecule has 1 atom stereocenters. The van der Waals surface area contributed by atoms with Crippen LogP contribution in [0.1, 0.15) is 53.9 Å². The number of nitrogens with one attached hydrogen (secondary N) is 2. The number of carboxylic acid groups (broad SMARTS) is 1. The average molecular weight is 258 g/mol. The third-order valence-electron chi connectivity index (χ3n) is 2.64. The molecule has 0 spiro atoms. The van der Waals surface area contributed by atoms with Gasteiger partial charge in [-0.15, -0.1) is 0 Å². The van der Waals surface area contributed by atoms with Crippen LogP contribution in [-0.2, 0) is 4.79 Å². The third kappa shape index (κ3) is 7.14. The molecule has 0 bridgehead atoms. The molecule has 0 rings (SSSR count). The normalized spacial score (nSPS) is 13.2. The molecule has 0 aliphatic carbocycles. The van der Waals surface area contributed by atoms with Crippen LogP contribution >= 0.6 is 0 Å². The van der Waals surface area contributed by atoms with E-state index in [0.29, 0.717) is 6.42 Å². The summed E-state index contributed by atoms with van der Waals surface area (Å²) in [6.07, 6.45) is 2.24. The first-order valence-corrected chi connectivity index (χ1v) is 6.49. The highest BCUT2D eigenvalue weighted by molar-refractivity contribution is 5.82. The first-order valence-electron chi connectivity index (χ1n) is 6.49. The predicted octanol–water partition coefficient (Wildman–Crippen LogP) is 2.36. The Hall–Kier alpha value is -1.26. The van der Waals surface area contributed by atoms with Crippen LogP contribution in [0.4, 0.5) is 4.79 Å². The molecule has 0 aromatic rings. The monoisotopic (exact) mass is 258 g/mol. The number of urea groups is 1. The van der Waals surface area contributed by atoms with Crippen molar-refractivity contribution in [1.29, 1.82) is 0 Å². The van der Waals surface area contributed by atoms with Crippen LogP contribution in [0.5, 0.6) is 0 Å². The lowest BCUT2D eigenvalue weighted by Gasteiger charge is -2.27. The first kappa shape index (κ1) is 16.7. The SMILES string of the molecule is CCCC(C)(C)NC(=O)N[C@H](CC(C)C)C(=O)O. The highest BCUT2D eigenvalue weighted by Gasteiger charge is 2.24. The molecule has 5 nitrogen and oxygen atoms in total. The summed E-state index contributed by atoms with van der Waals surface area (Å²) in [6.45, 7) is 9.75. The molecular formula is C13H26N2O3. The fourth-order valence-electron chi connectivity index (χ4n) is 1.88. The average Bonchev–Trinajstić information content (AvgIpc) is 2.14. The number of carboxylic acids is 1. The van der Waals surface area contributed by atoms with Gasteiger partial charge in [-0.25, -0.2) is 9.59 Å². The fraction of sp³-hybridized carbons (Fsp3) is 0.846. The topological polar surface area (TPSA) is 78.4 Å². The quantitative estimate of drug-likeness (QED) is 0.656. The largest absolute Gasteiger partial charge is 0.480 e. The minimum atomic E-state index is -0.993. The van der Waals surface area contributed by atoms with Crippen molar-refractivity contribution >= 4 is 12.0 Å². The minimum absolute atomic E-state index is 0.218. The minimum Gasteiger partial charge on any atom is -0.480 e. The summed E-state index contributed by atoms with van der Waals surface area (Å²) >= 11 is 0. The van der Waals surface area contributed by atoms with Gasteiger partial charge in [-0.3, -0.25) is 0 Å². The second kappa shape index (κ2) is 7.24. The zero-order valence-corrected chi connectivity index (χ0v) is 12.0. The zero-order chi connectivity index (χ0) is 14.3. The molecule has 5 heteroatoms. The highest BCUT2D eigenvalue weighted by atomic mass is 16.4. The number of aliphatic carboxylic acids is 1. The summed E-state index contributed by atoms with van der Waals surface area (Å²) < 4.78 is 0. The number of amides is 2. The van der Waals surface area contributed by atoms with Crippen LogP contribution in [0.25, 0.3) is 0 Å². The molecule has 106 valence electrons. The summed E-state index contributed by atoms with van der Waals surface area (Å²) in [4.78, 5) is 22.8. The maximum atomic E-state index is 11.7. The van der Waals surface area contributed by atoms with Crippen LogP contribution in [0.2, 0.25) is 0 Å². The van der Waals surface area contributed by atoms with Gasteiger partial charge in [0.25, 0.3) is 0 Å². The lowest BCUT2D eigenvalue weighted by atomic mass is 9.99. The predicted molar refractivity (Wildman–Crippen MR) is 71.5 cm³/mol. The van der Waals surface area contributed by atoms with Gasteiger partial charge in [0.05, 0.1) is 0 Å². The van der Waals surface area contributed by atoms with Gasteiger partial charge in [0.2, 0.25) is 0 Å². The van der Waals surface area contributed by atoms with Crippen LogP contribution in [0.3, 0.4) is 0 Å². The van der Waals surface area contributed by atoms with Gasteiger partial charge < -0.3 is 15.7 Å². The summed E-state index contributed by atoms with van der Waals surface area (Å²) in [5, 5.41) is 14.3. The second-order valence-corrected chi connectivity index (χ2v) is 5.75. The Morgan fingerprint density at radius 2 is 1.83 bits per heavy atom. The van der Waals surface area contributed by atoms with Crippen LogP contribution in [0.15, 0.2) is 0 Å². The Bertz CT molecular complexity index is 288. The summed E-state index contributed by atoms with van der Waals surface area (Å²) in [5.74, 6) is -0.776. The Labute approximate surface area is 109 Å². The van der Waals surface area contributed by atoms with E-state index in [4.69, 9.17) is 5.11 Å². The van der Waals surface area contributed by atoms with Crippen LogP contribution in [0, 0.1) is 5.92 Å². The van der Waals surface area contributed by atoms with Crippen LogP contribution in [-0.4, -0.2) is 28.7 Å². The lowest BCUT2D eigenvalue weighted by Crippen LogP contribution is -2.53. The maximum Gasteiger partial charge on any atom is 0.326 e. The van der Waals surface area contributed by atoms with Crippen molar-refractivity contribution in [2.24, 2.45) is 5.92 Å². The Morgan fingerprint density at radius 3 is 2.22 bits per heavy atom. The number of carbonyl (C=O) groups is 2. The molecular weight excluding hydrogens is 232 g/mol. The van der Waals surface area contributed by atoms with E-state index in [9.17, 15) is 9.59 Å². The van der Waals surface area contributed by atoms with Crippen LogP contribution < -0.4 is 10.6 Å². The molecule has 18 heavy (non-hydrogen) atoms. The van der Waals surface area contributed by atoms with Crippen molar-refractivity contribution in [2.75, 3.05) is 0 Å². The van der Waals surface area contributed by atoms with Crippen molar-refractivity contribution in [3.05, 3.63) is 0 Å². The van der Waals surface area contributed by atoms with E-state index in [1.807, 2.05) is 34.6 Å². The zero-order valence-electron chi connectivity index (χ0n) is 12.0. The molecule has 0 aromatic carbocycles. The molecule has 0 aromatic heterocycles. The number of rotatable bonds is 7. The van der Waals surface area contributed by atoms with E-state index in [-0.39, 0.29) is 11.5 Å². The van der Waals surface area contributed by atoms with E-state index in [2.05, 4.69) is 10.6 Å². The molecule has 2 amide bonds. The molecule has 0 aliphatic heterocycles. The summed E-state index contributed by atoms with van der Waals surface area (Å²) in [6, 6.07) is -1.25. The molecule has 0 saturated heterocycles. The van der Waals surface area contributed by atoms with Crippen molar-refractivity contribution in [1.82, 2.24) is 10.6 Å². The van der Waals surface area contributed by atoms with Gasteiger partial charge in [-0.1, -0.05) is 27.2 Å². The Morgan fingerprint density at radius 1 is 1.28 bits per heavy atom. The van der Waals surface area contributed by atoms with Gasteiger partial charge >= 0.3 is 12.0 Å². The number of carbonyl (C=O) groups excluding carboxylic acids is 1. The van der Waals surface area contributed by atoms with Crippen molar-refractivity contribution in [3.63, 3.8) is 0 Å². The van der Waals surface area contributed by atoms with Gasteiger partial charge in [0.1, 0.15) is 6.04 Å². The maximum absolute atomic E-state index is 11.7. The van der Waals surface area contributed by atoms with E-state index in [1.54, 1.807) is 0 Å². The van der Waals surface area contributed by atoms with Gasteiger partial charge in [-0.2, -0.15) is 0 Å². The van der Waals surface area contributed by atoms with E-state index in [1.165, 1.54) is 0 Å². The third-order valence-corrected chi connectivity index (χ3v) is 2.64. The lowest BCUT2D eigenvalue weighted by molar-refractivity contribution is -0.139. The van der Waals surface area contributed by atoms with Gasteiger partial charge in [-0.05, 0) is 32.6 Å². The molecule has 3 N–H and O–H groups in total. The first-order chi connectivity index (χ1) is 8.18. The second-order valence-electron chi connectivity index (χ2n) is 5.75. The van der Waals surface area contributed by atoms with E-state index in [0.717, 1.165) is 12.8 Å². The van der Waals surface area contributed by atoms with Crippen molar-refractivity contribution in [2.45, 2.75) is 65.5 Å². The Balaban J connectivity index is 4.38. The fourth-order valence-corrected chi connectivity index (χ4v) is 1.88. The number of hydrogen-bond acceptors (Lipinski definition) is 2. The number of hydrogen-bond donors (Lipinski definition) is 3. The molecule has 0 heterocycles. The Kier molecular flexibility index (Phi) is 6.73. The van der Waals surface area contributed by atoms with Gasteiger partial charge in [0, 0.05) is 5.54 Å². The summed E-state index contributed by atoms with van der Waals surface area (Å²) in [7, 11) is 0. The van der Waals surface area contributed by atoms with Crippen molar-refractivity contribution in [3.8, 4) is 0 Å². The van der Waals surface area contributed by atoms with E-state index < -0.39 is 18.0 Å². The molecule has 0 saturated carbocycles. The van der Waals surface area contributed by atoms with Gasteiger partial charge in [0.15, 0.2) is 0 Å². The molecule has 0 fully saturated rings. The smallest absolute Gasteiger partial charge is 0.326 e. The summed E-state index contributed by atoms with van der Waals surface area (Å²) in [5.41, 5.74) is -0.320. The molecule has 0 radical (unpaired) electrons. The van der Waals surface area contributed by atoms with Crippen molar-refractivity contribution < 1.29 is 14.7 Å². The van der Waals surface area contributed by atoms with E-state index >= 15 is 0 Å². The highest BCUT2D eigenvalue weighted by Crippen LogP contribution is 2.11. The standard InChI is InChI=1S/C13H26N2O3/c1-6-7-13(4,5)15-12(18)14-10(11(16)17)8-9(2)3/h9-10H,6-8H2,1-5H3,(H,16,17)(H2,14,15,18)/t10-/m1/s1.